The van der Waals surface area contributed by atoms with Crippen molar-refractivity contribution >= 4 is 5.69 Å². The molecular weight excluding hydrogens is 254 g/mol. The number of rotatable bonds is 5. The van der Waals surface area contributed by atoms with Gasteiger partial charge in [0.2, 0.25) is 0 Å². The highest BCUT2D eigenvalue weighted by Crippen LogP contribution is 2.21. The maximum atomic E-state index is 10.6. The third-order valence-electron chi connectivity index (χ3n) is 3.08. The lowest BCUT2D eigenvalue weighted by Gasteiger charge is -2.10. The summed E-state index contributed by atoms with van der Waals surface area (Å²) in [4.78, 5) is 10.2. The highest BCUT2D eigenvalue weighted by atomic mass is 16.6. The van der Waals surface area contributed by atoms with Gasteiger partial charge in [0.05, 0.1) is 4.92 Å². The van der Waals surface area contributed by atoms with Crippen LogP contribution >= 0.6 is 0 Å². The Balaban J connectivity index is 2.01. The lowest BCUT2D eigenvalue weighted by Crippen LogP contribution is -1.97. The molecule has 0 aliphatic carbocycles. The summed E-state index contributed by atoms with van der Waals surface area (Å²) in [6, 6.07) is 14.4. The van der Waals surface area contributed by atoms with Crippen molar-refractivity contribution in [1.29, 1.82) is 0 Å². The molecule has 2 aromatic rings. The predicted molar refractivity (Wildman–Crippen MR) is 78.0 cm³/mol. The van der Waals surface area contributed by atoms with E-state index in [2.05, 4.69) is 19.9 Å². The number of nitro groups is 1. The normalized spacial score (nSPS) is 10.6. The molecule has 0 aromatic heterocycles. The average Bonchev–Trinajstić information content (AvgIpc) is 2.46. The molecule has 0 amide bonds. The van der Waals surface area contributed by atoms with E-state index in [0.29, 0.717) is 12.5 Å². The highest BCUT2D eigenvalue weighted by molar-refractivity contribution is 5.34. The van der Waals surface area contributed by atoms with Gasteiger partial charge in [0.1, 0.15) is 12.4 Å². The van der Waals surface area contributed by atoms with Gasteiger partial charge in [-0.25, -0.2) is 0 Å². The topological polar surface area (TPSA) is 52.4 Å². The Kier molecular flexibility index (Phi) is 4.35. The average molecular weight is 271 g/mol. The van der Waals surface area contributed by atoms with Crippen LogP contribution in [0.4, 0.5) is 5.69 Å². The van der Waals surface area contributed by atoms with Crippen LogP contribution in [-0.2, 0) is 6.61 Å². The molecule has 0 spiro atoms. The van der Waals surface area contributed by atoms with Crippen LogP contribution < -0.4 is 4.74 Å². The summed E-state index contributed by atoms with van der Waals surface area (Å²) in [5.41, 5.74) is 2.23. The first-order chi connectivity index (χ1) is 9.56. The quantitative estimate of drug-likeness (QED) is 0.602. The maximum Gasteiger partial charge on any atom is 0.269 e. The number of nitrogens with zero attached hydrogens (tertiary/aromatic N) is 1. The molecule has 0 bridgehead atoms. The van der Waals surface area contributed by atoms with Gasteiger partial charge in [0, 0.05) is 12.1 Å². The van der Waals surface area contributed by atoms with Crippen LogP contribution in [0, 0.1) is 10.1 Å². The Labute approximate surface area is 118 Å². The van der Waals surface area contributed by atoms with Gasteiger partial charge in [-0.1, -0.05) is 26.0 Å². The summed E-state index contributed by atoms with van der Waals surface area (Å²) in [7, 11) is 0. The second kappa shape index (κ2) is 6.19. The molecule has 4 heteroatoms. The molecular formula is C16H17NO3. The lowest BCUT2D eigenvalue weighted by atomic mass is 10.0. The lowest BCUT2D eigenvalue weighted by molar-refractivity contribution is -0.384. The van der Waals surface area contributed by atoms with E-state index in [-0.39, 0.29) is 5.69 Å². The van der Waals surface area contributed by atoms with Crippen molar-refractivity contribution in [2.24, 2.45) is 0 Å². The summed E-state index contributed by atoms with van der Waals surface area (Å²) in [5, 5.41) is 10.6. The molecule has 0 atom stereocenters. The molecule has 0 aliphatic rings. The van der Waals surface area contributed by atoms with E-state index < -0.39 is 4.92 Å². The third-order valence-corrected chi connectivity index (χ3v) is 3.08. The molecule has 0 saturated heterocycles. The van der Waals surface area contributed by atoms with E-state index in [1.807, 2.05) is 18.2 Å². The Hall–Kier alpha value is -2.36. The van der Waals surface area contributed by atoms with E-state index in [1.165, 1.54) is 17.7 Å². The van der Waals surface area contributed by atoms with Gasteiger partial charge in [-0.3, -0.25) is 10.1 Å². The first-order valence-corrected chi connectivity index (χ1v) is 6.52. The van der Waals surface area contributed by atoms with Crippen molar-refractivity contribution in [2.75, 3.05) is 0 Å². The molecule has 20 heavy (non-hydrogen) atoms. The molecule has 0 fully saturated rings. The number of ether oxygens (including phenoxy) is 1. The van der Waals surface area contributed by atoms with Crippen molar-refractivity contribution in [2.45, 2.75) is 26.4 Å². The van der Waals surface area contributed by atoms with Crippen molar-refractivity contribution in [1.82, 2.24) is 0 Å². The second-order valence-electron chi connectivity index (χ2n) is 4.94. The fraction of sp³-hybridized carbons (Fsp3) is 0.250. The SMILES string of the molecule is CC(C)c1cccc(OCc2ccc([N+](=O)[O-])cc2)c1. The van der Waals surface area contributed by atoms with Crippen LogP contribution in [0.5, 0.6) is 5.75 Å². The number of benzene rings is 2. The van der Waals surface area contributed by atoms with Crippen molar-refractivity contribution in [3.63, 3.8) is 0 Å². The zero-order valence-electron chi connectivity index (χ0n) is 11.6. The fourth-order valence-corrected chi connectivity index (χ4v) is 1.84. The van der Waals surface area contributed by atoms with E-state index in [9.17, 15) is 10.1 Å². The minimum atomic E-state index is -0.406. The van der Waals surface area contributed by atoms with Crippen LogP contribution in [0.1, 0.15) is 30.9 Å². The van der Waals surface area contributed by atoms with Crippen LogP contribution in [0.3, 0.4) is 0 Å². The monoisotopic (exact) mass is 271 g/mol. The minimum absolute atomic E-state index is 0.0931. The third kappa shape index (κ3) is 3.57. The van der Waals surface area contributed by atoms with Crippen LogP contribution in [0.15, 0.2) is 48.5 Å². The predicted octanol–water partition coefficient (Wildman–Crippen LogP) is 4.30. The van der Waals surface area contributed by atoms with Gasteiger partial charge in [-0.15, -0.1) is 0 Å². The number of non-ortho nitro benzene ring substituents is 1. The van der Waals surface area contributed by atoms with Crippen molar-refractivity contribution < 1.29 is 9.66 Å². The molecule has 0 aliphatic heterocycles. The van der Waals surface area contributed by atoms with Gasteiger partial charge < -0.3 is 4.74 Å². The molecule has 2 aromatic carbocycles. The van der Waals surface area contributed by atoms with Gasteiger partial charge in [0.15, 0.2) is 0 Å². The van der Waals surface area contributed by atoms with E-state index in [0.717, 1.165) is 11.3 Å². The first-order valence-electron chi connectivity index (χ1n) is 6.52. The smallest absolute Gasteiger partial charge is 0.269 e. The van der Waals surface area contributed by atoms with Gasteiger partial charge in [-0.05, 0) is 41.3 Å². The van der Waals surface area contributed by atoms with Gasteiger partial charge >= 0.3 is 0 Å². The zero-order chi connectivity index (χ0) is 14.5. The molecule has 0 unspecified atom stereocenters. The Morgan fingerprint density at radius 3 is 2.45 bits per heavy atom. The Bertz CT molecular complexity index is 591. The van der Waals surface area contributed by atoms with E-state index in [1.54, 1.807) is 12.1 Å². The molecule has 2 rings (SSSR count). The molecule has 0 saturated carbocycles. The Morgan fingerprint density at radius 1 is 1.15 bits per heavy atom. The van der Waals surface area contributed by atoms with Gasteiger partial charge in [-0.2, -0.15) is 0 Å². The summed E-state index contributed by atoms with van der Waals surface area (Å²) < 4.78 is 5.71. The molecule has 4 nitrogen and oxygen atoms in total. The summed E-state index contributed by atoms with van der Waals surface area (Å²) in [6.07, 6.45) is 0. The number of hydrogen-bond acceptors (Lipinski definition) is 3. The van der Waals surface area contributed by atoms with Crippen molar-refractivity contribution in [3.8, 4) is 5.75 Å². The van der Waals surface area contributed by atoms with E-state index in [4.69, 9.17) is 4.74 Å². The summed E-state index contributed by atoms with van der Waals surface area (Å²) in [6.45, 7) is 4.67. The van der Waals surface area contributed by atoms with Crippen LogP contribution in [0.2, 0.25) is 0 Å². The summed E-state index contributed by atoms with van der Waals surface area (Å²) >= 11 is 0. The van der Waals surface area contributed by atoms with Crippen LogP contribution in [0.25, 0.3) is 0 Å². The Morgan fingerprint density at radius 2 is 1.85 bits per heavy atom. The first kappa shape index (κ1) is 14.1. The fourth-order valence-electron chi connectivity index (χ4n) is 1.84. The maximum absolute atomic E-state index is 10.6. The van der Waals surface area contributed by atoms with Crippen molar-refractivity contribution in [3.05, 3.63) is 69.8 Å². The molecule has 0 heterocycles. The van der Waals surface area contributed by atoms with Crippen LogP contribution in [-0.4, -0.2) is 4.92 Å². The number of hydrogen-bond donors (Lipinski definition) is 0. The van der Waals surface area contributed by atoms with Gasteiger partial charge in [0.25, 0.3) is 5.69 Å². The zero-order valence-corrected chi connectivity index (χ0v) is 11.6. The largest absolute Gasteiger partial charge is 0.489 e. The standard InChI is InChI=1S/C16H17NO3/c1-12(2)14-4-3-5-16(10-14)20-11-13-6-8-15(9-7-13)17(18)19/h3-10,12H,11H2,1-2H3. The molecule has 104 valence electrons. The highest BCUT2D eigenvalue weighted by Gasteiger charge is 2.05. The molecule has 0 radical (unpaired) electrons. The number of nitro benzene ring substituents is 1. The summed E-state index contributed by atoms with van der Waals surface area (Å²) in [5.74, 6) is 1.27. The second-order valence-corrected chi connectivity index (χ2v) is 4.94. The minimum Gasteiger partial charge on any atom is -0.489 e. The van der Waals surface area contributed by atoms with E-state index >= 15 is 0 Å². The molecule has 0 N–H and O–H groups in total.